The average molecular weight is 407 g/mol. The number of ketones is 1. The van der Waals surface area contributed by atoms with E-state index in [9.17, 15) is 18.0 Å². The lowest BCUT2D eigenvalue weighted by Crippen LogP contribution is -2.22. The highest BCUT2D eigenvalue weighted by atomic mass is 35.5. The van der Waals surface area contributed by atoms with E-state index in [2.05, 4.69) is 15.4 Å². The smallest absolute Gasteiger partial charge is 0.311 e. The molecular weight excluding hydrogens is 393 g/mol. The molecule has 0 radical (unpaired) electrons. The Hall–Kier alpha value is -2.71. The molecule has 0 atom stereocenters. The van der Waals surface area contributed by atoms with Crippen LogP contribution in [0.1, 0.15) is 32.9 Å². The van der Waals surface area contributed by atoms with Crippen LogP contribution < -0.4 is 5.32 Å². The highest BCUT2D eigenvalue weighted by molar-refractivity contribution is 6.35. The minimum absolute atomic E-state index is 0.00896. The Morgan fingerprint density at radius 1 is 1.18 bits per heavy atom. The van der Waals surface area contributed by atoms with Gasteiger partial charge in [-0.15, -0.1) is 0 Å². The number of carbonyl (C=O) groups excluding carboxylic acids is 1. The molecule has 0 saturated carbocycles. The molecule has 0 spiro atoms. The van der Waals surface area contributed by atoms with Crippen molar-refractivity contribution in [3.8, 4) is 5.82 Å². The van der Waals surface area contributed by atoms with Crippen LogP contribution in [0.2, 0.25) is 5.02 Å². The van der Waals surface area contributed by atoms with E-state index >= 15 is 0 Å². The molecule has 4 rings (SSSR count). The number of fused-ring (bicyclic) bond motifs is 1. The lowest BCUT2D eigenvalue weighted by atomic mass is 10.0. The molecule has 0 bridgehead atoms. The third kappa shape index (κ3) is 3.41. The van der Waals surface area contributed by atoms with Gasteiger partial charge in [-0.25, -0.2) is 9.67 Å². The van der Waals surface area contributed by atoms with Crippen LogP contribution in [0.25, 0.3) is 5.82 Å². The molecule has 0 fully saturated rings. The summed E-state index contributed by atoms with van der Waals surface area (Å²) in [4.78, 5) is 17.1. The monoisotopic (exact) mass is 406 g/mol. The number of carbonyl (C=O) groups is 1. The highest BCUT2D eigenvalue weighted by Crippen LogP contribution is 2.36. The SMILES string of the molecule is O=C(c1cccc(-n2cc3c(n2)CNCC3)n1)c1cccc(C(F)(F)F)c1Cl. The average Bonchev–Trinajstić information content (AvgIpc) is 3.11. The molecule has 1 aliphatic rings. The second kappa shape index (κ2) is 7.03. The van der Waals surface area contributed by atoms with Gasteiger partial charge in [0.2, 0.25) is 5.78 Å². The summed E-state index contributed by atoms with van der Waals surface area (Å²) in [6.45, 7) is 1.51. The van der Waals surface area contributed by atoms with E-state index in [1.54, 1.807) is 16.8 Å². The number of halogens is 4. The molecule has 2 aromatic heterocycles. The molecular formula is C19H14ClF3N4O. The summed E-state index contributed by atoms with van der Waals surface area (Å²) in [5.74, 6) is -0.278. The third-order valence-corrected chi connectivity index (χ3v) is 4.90. The summed E-state index contributed by atoms with van der Waals surface area (Å²) in [6, 6.07) is 7.97. The van der Waals surface area contributed by atoms with Crippen LogP contribution in [0.3, 0.4) is 0 Å². The van der Waals surface area contributed by atoms with Crippen LogP contribution in [0, 0.1) is 0 Å². The number of benzene rings is 1. The first-order valence-electron chi connectivity index (χ1n) is 8.50. The summed E-state index contributed by atoms with van der Waals surface area (Å²) in [6.07, 6.45) is -1.96. The first kappa shape index (κ1) is 18.6. The summed E-state index contributed by atoms with van der Waals surface area (Å²) in [5, 5.41) is 7.06. The van der Waals surface area contributed by atoms with Gasteiger partial charge < -0.3 is 5.32 Å². The normalized spacial score (nSPS) is 14.0. The van der Waals surface area contributed by atoms with Crippen LogP contribution in [0.4, 0.5) is 13.2 Å². The quantitative estimate of drug-likeness (QED) is 0.672. The molecule has 0 aliphatic carbocycles. The predicted molar refractivity (Wildman–Crippen MR) is 96.7 cm³/mol. The van der Waals surface area contributed by atoms with Crippen molar-refractivity contribution < 1.29 is 18.0 Å². The summed E-state index contributed by atoms with van der Waals surface area (Å²) in [5.41, 5.74) is 0.697. The number of nitrogens with one attached hydrogen (secondary N) is 1. The Morgan fingerprint density at radius 2 is 1.96 bits per heavy atom. The number of pyridine rings is 1. The minimum atomic E-state index is -4.65. The van der Waals surface area contributed by atoms with Gasteiger partial charge >= 0.3 is 6.18 Å². The maximum Gasteiger partial charge on any atom is 0.417 e. The summed E-state index contributed by atoms with van der Waals surface area (Å²) < 4.78 is 40.8. The first-order valence-corrected chi connectivity index (χ1v) is 8.88. The van der Waals surface area contributed by atoms with Crippen LogP contribution >= 0.6 is 11.6 Å². The van der Waals surface area contributed by atoms with Gasteiger partial charge in [-0.3, -0.25) is 4.79 Å². The summed E-state index contributed by atoms with van der Waals surface area (Å²) >= 11 is 5.87. The molecule has 3 aromatic rings. The van der Waals surface area contributed by atoms with E-state index in [0.29, 0.717) is 12.4 Å². The van der Waals surface area contributed by atoms with E-state index in [-0.39, 0.29) is 11.3 Å². The second-order valence-electron chi connectivity index (χ2n) is 6.35. The topological polar surface area (TPSA) is 59.8 Å². The Kier molecular flexibility index (Phi) is 4.68. The van der Waals surface area contributed by atoms with Gasteiger partial charge in [0.25, 0.3) is 0 Å². The largest absolute Gasteiger partial charge is 0.417 e. The van der Waals surface area contributed by atoms with Crippen molar-refractivity contribution in [1.29, 1.82) is 0 Å². The second-order valence-corrected chi connectivity index (χ2v) is 6.73. The Balaban J connectivity index is 1.70. The van der Waals surface area contributed by atoms with Crippen molar-refractivity contribution in [3.63, 3.8) is 0 Å². The molecule has 144 valence electrons. The molecule has 0 saturated heterocycles. The molecule has 0 unspecified atom stereocenters. The number of hydrogen-bond donors (Lipinski definition) is 1. The zero-order valence-corrected chi connectivity index (χ0v) is 15.2. The number of nitrogens with zero attached hydrogens (tertiary/aromatic N) is 3. The lowest BCUT2D eigenvalue weighted by molar-refractivity contribution is -0.137. The van der Waals surface area contributed by atoms with Crippen molar-refractivity contribution >= 4 is 17.4 Å². The van der Waals surface area contributed by atoms with E-state index in [1.165, 1.54) is 12.1 Å². The molecule has 28 heavy (non-hydrogen) atoms. The molecule has 1 N–H and O–H groups in total. The van der Waals surface area contributed by atoms with Crippen molar-refractivity contribution in [3.05, 3.63) is 75.7 Å². The Morgan fingerprint density at radius 3 is 2.71 bits per heavy atom. The molecule has 1 aliphatic heterocycles. The van der Waals surface area contributed by atoms with Gasteiger partial charge in [0, 0.05) is 18.3 Å². The zero-order valence-electron chi connectivity index (χ0n) is 14.4. The number of hydrogen-bond acceptors (Lipinski definition) is 4. The number of rotatable bonds is 3. The molecule has 9 heteroatoms. The molecule has 0 amide bonds. The van der Waals surface area contributed by atoms with Gasteiger partial charge in [-0.2, -0.15) is 18.3 Å². The van der Waals surface area contributed by atoms with Gasteiger partial charge in [-0.1, -0.05) is 23.7 Å². The maximum atomic E-state index is 13.1. The summed E-state index contributed by atoms with van der Waals surface area (Å²) in [7, 11) is 0. The van der Waals surface area contributed by atoms with Gasteiger partial charge in [-0.05, 0) is 42.8 Å². The van der Waals surface area contributed by atoms with E-state index in [0.717, 1.165) is 36.4 Å². The van der Waals surface area contributed by atoms with E-state index in [1.807, 2.05) is 6.20 Å². The Bertz CT molecular complexity index is 1040. The molecule has 5 nitrogen and oxygen atoms in total. The van der Waals surface area contributed by atoms with Crippen LogP contribution in [0.15, 0.2) is 42.6 Å². The van der Waals surface area contributed by atoms with Crippen molar-refractivity contribution in [2.75, 3.05) is 6.54 Å². The number of alkyl halides is 3. The maximum absolute atomic E-state index is 13.1. The Labute approximate surface area is 163 Å². The van der Waals surface area contributed by atoms with Crippen molar-refractivity contribution in [2.24, 2.45) is 0 Å². The fourth-order valence-electron chi connectivity index (χ4n) is 3.09. The van der Waals surface area contributed by atoms with Gasteiger partial charge in [0.05, 0.1) is 16.3 Å². The van der Waals surface area contributed by atoms with Crippen LogP contribution in [0.5, 0.6) is 0 Å². The van der Waals surface area contributed by atoms with E-state index < -0.39 is 22.5 Å². The molecule has 3 heterocycles. The predicted octanol–water partition coefficient (Wildman–Crippen LogP) is 3.82. The van der Waals surface area contributed by atoms with E-state index in [4.69, 9.17) is 11.6 Å². The minimum Gasteiger partial charge on any atom is -0.311 e. The fourth-order valence-corrected chi connectivity index (χ4v) is 3.41. The fraction of sp³-hybridized carbons (Fsp3) is 0.211. The van der Waals surface area contributed by atoms with Gasteiger partial charge in [0.1, 0.15) is 5.69 Å². The van der Waals surface area contributed by atoms with Crippen molar-refractivity contribution in [2.45, 2.75) is 19.1 Å². The standard InChI is InChI=1S/C19H14ClF3N4O/c20-17-12(3-1-4-13(17)19(21,22)23)18(28)14-5-2-6-16(25-14)27-10-11-7-8-24-9-15(11)26-27/h1-6,10,24H,7-9H2. The van der Waals surface area contributed by atoms with Crippen LogP contribution in [-0.4, -0.2) is 27.1 Å². The van der Waals surface area contributed by atoms with Crippen LogP contribution in [-0.2, 0) is 19.1 Å². The third-order valence-electron chi connectivity index (χ3n) is 4.49. The lowest BCUT2D eigenvalue weighted by Gasteiger charge is -2.11. The zero-order chi connectivity index (χ0) is 19.9. The van der Waals surface area contributed by atoms with Crippen molar-refractivity contribution in [1.82, 2.24) is 20.1 Å². The highest BCUT2D eigenvalue weighted by Gasteiger charge is 2.35. The van der Waals surface area contributed by atoms with Gasteiger partial charge in [0.15, 0.2) is 5.82 Å². The first-order chi connectivity index (χ1) is 13.3. The number of aromatic nitrogens is 3. The molecule has 1 aromatic carbocycles.